The molecule has 0 fully saturated rings. The van der Waals surface area contributed by atoms with E-state index < -0.39 is 5.54 Å². The van der Waals surface area contributed by atoms with Gasteiger partial charge in [-0.15, -0.1) is 0 Å². The fourth-order valence-electron chi connectivity index (χ4n) is 1.79. The van der Waals surface area contributed by atoms with Crippen LogP contribution < -0.4 is 11.4 Å². The Labute approximate surface area is 93.5 Å². The predicted octanol–water partition coefficient (Wildman–Crippen LogP) is 0.472. The SMILES string of the molecule is Cn1c(=O)n(CC(C)(C)N)c2cccnc21. The van der Waals surface area contributed by atoms with E-state index >= 15 is 0 Å². The molecule has 2 aromatic heterocycles. The molecule has 0 unspecified atom stereocenters. The second-order valence-electron chi connectivity index (χ2n) is 4.76. The maximum absolute atomic E-state index is 12.0. The van der Waals surface area contributed by atoms with Crippen molar-refractivity contribution in [2.45, 2.75) is 25.9 Å². The molecule has 2 N–H and O–H groups in total. The monoisotopic (exact) mass is 220 g/mol. The molecule has 0 bridgehead atoms. The van der Waals surface area contributed by atoms with Crippen LogP contribution in [0.3, 0.4) is 0 Å². The first-order chi connectivity index (χ1) is 7.40. The van der Waals surface area contributed by atoms with Crippen LogP contribution in [0.5, 0.6) is 0 Å². The normalized spacial score (nSPS) is 12.2. The van der Waals surface area contributed by atoms with Crippen LogP contribution in [0.1, 0.15) is 13.8 Å². The molecule has 0 radical (unpaired) electrons. The molecule has 0 aliphatic heterocycles. The first-order valence-electron chi connectivity index (χ1n) is 5.19. The minimum Gasteiger partial charge on any atom is -0.324 e. The molecule has 0 atom stereocenters. The minimum absolute atomic E-state index is 0.0766. The summed E-state index contributed by atoms with van der Waals surface area (Å²) < 4.78 is 3.21. The van der Waals surface area contributed by atoms with Gasteiger partial charge in [0.1, 0.15) is 0 Å². The summed E-state index contributed by atoms with van der Waals surface area (Å²) in [6, 6.07) is 3.71. The molecule has 0 aliphatic rings. The van der Waals surface area contributed by atoms with Gasteiger partial charge in [-0.2, -0.15) is 0 Å². The lowest BCUT2D eigenvalue weighted by atomic mass is 10.1. The number of hydrogen-bond donors (Lipinski definition) is 1. The van der Waals surface area contributed by atoms with E-state index in [0.29, 0.717) is 12.2 Å². The molecule has 86 valence electrons. The third-order valence-corrected chi connectivity index (χ3v) is 2.46. The second-order valence-corrected chi connectivity index (χ2v) is 4.76. The summed E-state index contributed by atoms with van der Waals surface area (Å²) in [4.78, 5) is 16.2. The lowest BCUT2D eigenvalue weighted by Crippen LogP contribution is -2.40. The van der Waals surface area contributed by atoms with Gasteiger partial charge in [0.05, 0.1) is 5.52 Å². The molecular formula is C11H16N4O. The third-order valence-electron chi connectivity index (χ3n) is 2.46. The van der Waals surface area contributed by atoms with Crippen molar-refractivity contribution in [2.24, 2.45) is 12.8 Å². The topological polar surface area (TPSA) is 65.8 Å². The number of hydrogen-bond acceptors (Lipinski definition) is 3. The van der Waals surface area contributed by atoms with Crippen LogP contribution in [0.4, 0.5) is 0 Å². The van der Waals surface area contributed by atoms with Crippen molar-refractivity contribution < 1.29 is 0 Å². The summed E-state index contributed by atoms with van der Waals surface area (Å²) >= 11 is 0. The van der Waals surface area contributed by atoms with E-state index in [-0.39, 0.29) is 5.69 Å². The van der Waals surface area contributed by atoms with Crippen LogP contribution in [0.15, 0.2) is 23.1 Å². The van der Waals surface area contributed by atoms with Crippen LogP contribution in [0.2, 0.25) is 0 Å². The zero-order valence-corrected chi connectivity index (χ0v) is 9.77. The van der Waals surface area contributed by atoms with Crippen molar-refractivity contribution in [3.8, 4) is 0 Å². The molecule has 16 heavy (non-hydrogen) atoms. The van der Waals surface area contributed by atoms with E-state index in [1.54, 1.807) is 22.4 Å². The van der Waals surface area contributed by atoms with Crippen molar-refractivity contribution in [1.82, 2.24) is 14.1 Å². The van der Waals surface area contributed by atoms with Gasteiger partial charge in [-0.1, -0.05) is 0 Å². The van der Waals surface area contributed by atoms with Crippen molar-refractivity contribution >= 4 is 11.2 Å². The van der Waals surface area contributed by atoms with Gasteiger partial charge in [-0.25, -0.2) is 9.78 Å². The summed E-state index contributed by atoms with van der Waals surface area (Å²) in [5.41, 5.74) is 6.97. The maximum Gasteiger partial charge on any atom is 0.330 e. The van der Waals surface area contributed by atoms with Crippen LogP contribution in [0.25, 0.3) is 11.2 Å². The molecule has 0 aliphatic carbocycles. The van der Waals surface area contributed by atoms with Gasteiger partial charge in [-0.3, -0.25) is 9.13 Å². The van der Waals surface area contributed by atoms with Gasteiger partial charge in [0.25, 0.3) is 0 Å². The molecule has 2 aromatic rings. The van der Waals surface area contributed by atoms with Crippen molar-refractivity contribution in [3.05, 3.63) is 28.8 Å². The number of pyridine rings is 1. The minimum atomic E-state index is -0.423. The zero-order valence-electron chi connectivity index (χ0n) is 9.77. The summed E-state index contributed by atoms with van der Waals surface area (Å²) in [7, 11) is 1.72. The number of imidazole rings is 1. The van der Waals surface area contributed by atoms with Gasteiger partial charge in [0.2, 0.25) is 0 Å². The van der Waals surface area contributed by atoms with Crippen molar-refractivity contribution in [2.75, 3.05) is 0 Å². The van der Waals surface area contributed by atoms with E-state index in [4.69, 9.17) is 5.73 Å². The van der Waals surface area contributed by atoms with E-state index in [1.807, 2.05) is 26.0 Å². The van der Waals surface area contributed by atoms with E-state index in [2.05, 4.69) is 4.98 Å². The average Bonchev–Trinajstić information content (AvgIpc) is 2.43. The number of fused-ring (bicyclic) bond motifs is 1. The van der Waals surface area contributed by atoms with E-state index in [1.165, 1.54) is 0 Å². The maximum atomic E-state index is 12.0. The fourth-order valence-corrected chi connectivity index (χ4v) is 1.79. The van der Waals surface area contributed by atoms with Crippen molar-refractivity contribution in [1.29, 1.82) is 0 Å². The van der Waals surface area contributed by atoms with E-state index in [9.17, 15) is 4.79 Å². The molecule has 5 heteroatoms. The molecule has 5 nitrogen and oxygen atoms in total. The van der Waals surface area contributed by atoms with Crippen molar-refractivity contribution in [3.63, 3.8) is 0 Å². The second kappa shape index (κ2) is 3.45. The van der Waals surface area contributed by atoms with Crippen LogP contribution in [0, 0.1) is 0 Å². The first kappa shape index (κ1) is 10.9. The highest BCUT2D eigenvalue weighted by atomic mass is 16.1. The highest BCUT2D eigenvalue weighted by Crippen LogP contribution is 2.11. The Balaban J connectivity index is 2.70. The number of nitrogens with zero attached hydrogens (tertiary/aromatic N) is 3. The Hall–Kier alpha value is -1.62. The zero-order chi connectivity index (χ0) is 11.9. The van der Waals surface area contributed by atoms with Gasteiger partial charge in [0.15, 0.2) is 5.65 Å². The third kappa shape index (κ3) is 1.74. The fraction of sp³-hybridized carbons (Fsp3) is 0.455. The highest BCUT2D eigenvalue weighted by Gasteiger charge is 2.17. The van der Waals surface area contributed by atoms with Crippen LogP contribution in [-0.4, -0.2) is 19.7 Å². The Bertz CT molecular complexity index is 574. The highest BCUT2D eigenvalue weighted by molar-refractivity contribution is 5.71. The smallest absolute Gasteiger partial charge is 0.324 e. The average molecular weight is 220 g/mol. The number of aryl methyl sites for hydroxylation is 1. The predicted molar refractivity (Wildman–Crippen MR) is 63.2 cm³/mol. The van der Waals surface area contributed by atoms with E-state index in [0.717, 1.165) is 5.52 Å². The molecular weight excluding hydrogens is 204 g/mol. The molecule has 0 amide bonds. The van der Waals surface area contributed by atoms with Gasteiger partial charge >= 0.3 is 5.69 Å². The molecule has 0 spiro atoms. The van der Waals surface area contributed by atoms with Crippen LogP contribution >= 0.6 is 0 Å². The van der Waals surface area contributed by atoms with Crippen LogP contribution in [-0.2, 0) is 13.6 Å². The standard InChI is InChI=1S/C11H16N4O/c1-11(2,12)7-15-8-5-4-6-13-9(8)14(3)10(15)16/h4-6H,7,12H2,1-3H3. The Kier molecular flexibility index (Phi) is 2.35. The van der Waals surface area contributed by atoms with Gasteiger partial charge in [-0.05, 0) is 26.0 Å². The van der Waals surface area contributed by atoms with Gasteiger partial charge < -0.3 is 5.73 Å². The molecule has 2 heterocycles. The Morgan fingerprint density at radius 2 is 2.19 bits per heavy atom. The molecule has 0 saturated carbocycles. The Morgan fingerprint density at radius 3 is 2.81 bits per heavy atom. The largest absolute Gasteiger partial charge is 0.330 e. The number of aromatic nitrogens is 3. The molecule has 2 rings (SSSR count). The summed E-state index contributed by atoms with van der Waals surface area (Å²) in [5.74, 6) is 0. The number of rotatable bonds is 2. The summed E-state index contributed by atoms with van der Waals surface area (Å²) in [6.45, 7) is 4.28. The first-order valence-corrected chi connectivity index (χ1v) is 5.19. The molecule has 0 saturated heterocycles. The summed E-state index contributed by atoms with van der Waals surface area (Å²) in [5, 5.41) is 0. The lowest BCUT2D eigenvalue weighted by molar-refractivity contribution is 0.431. The number of nitrogens with two attached hydrogens (primary N) is 1. The Morgan fingerprint density at radius 1 is 1.50 bits per heavy atom. The quantitative estimate of drug-likeness (QED) is 0.800. The summed E-state index contributed by atoms with van der Waals surface area (Å²) in [6.07, 6.45) is 1.68. The van der Waals surface area contributed by atoms with Gasteiger partial charge in [0, 0.05) is 25.3 Å². The molecule has 0 aromatic carbocycles. The lowest BCUT2D eigenvalue weighted by Gasteiger charge is -2.18.